The third-order valence-corrected chi connectivity index (χ3v) is 3.12. The molecule has 21 heavy (non-hydrogen) atoms. The van der Waals surface area contributed by atoms with Crippen LogP contribution in [0, 0.1) is 10.1 Å². The Hall–Kier alpha value is -2.64. The molecular weight excluding hydrogens is 278 g/mol. The first kappa shape index (κ1) is 14.8. The van der Waals surface area contributed by atoms with Gasteiger partial charge in [-0.15, -0.1) is 0 Å². The van der Waals surface area contributed by atoms with Gasteiger partial charge in [-0.05, 0) is 18.4 Å². The van der Waals surface area contributed by atoms with Crippen molar-refractivity contribution in [1.29, 1.82) is 0 Å². The molecule has 0 spiro atoms. The maximum Gasteiger partial charge on any atom is 0.323 e. The van der Waals surface area contributed by atoms with Crippen molar-refractivity contribution in [2.45, 2.75) is 25.4 Å². The maximum absolute atomic E-state index is 12.0. The van der Waals surface area contributed by atoms with Crippen LogP contribution in [0.5, 0.6) is 0 Å². The quantitative estimate of drug-likeness (QED) is 0.607. The molecule has 0 saturated heterocycles. The highest BCUT2D eigenvalue weighted by Gasteiger charge is 2.33. The molecule has 1 aliphatic carbocycles. The molecular formula is C13H15N3O5. The number of hydrogen-bond donors (Lipinski definition) is 2. The van der Waals surface area contributed by atoms with Crippen LogP contribution in [0.3, 0.4) is 0 Å². The average molecular weight is 293 g/mol. The van der Waals surface area contributed by atoms with E-state index in [9.17, 15) is 19.7 Å². The van der Waals surface area contributed by atoms with E-state index >= 15 is 0 Å². The molecule has 0 bridgehead atoms. The van der Waals surface area contributed by atoms with Gasteiger partial charge in [-0.3, -0.25) is 14.9 Å². The SMILES string of the molecule is O=C(O)CN(C(=O)NCc1cccc([N+](=O)[O-])c1)C1CC1. The fourth-order valence-corrected chi connectivity index (χ4v) is 1.96. The summed E-state index contributed by atoms with van der Waals surface area (Å²) >= 11 is 0. The molecule has 8 nitrogen and oxygen atoms in total. The Morgan fingerprint density at radius 3 is 2.71 bits per heavy atom. The molecule has 1 aromatic rings. The zero-order valence-corrected chi connectivity index (χ0v) is 11.2. The van der Waals surface area contributed by atoms with E-state index in [2.05, 4.69) is 5.32 Å². The second-order valence-corrected chi connectivity index (χ2v) is 4.84. The number of carbonyl (C=O) groups excluding carboxylic acids is 1. The van der Waals surface area contributed by atoms with Gasteiger partial charge in [0.25, 0.3) is 5.69 Å². The predicted molar refractivity (Wildman–Crippen MR) is 72.7 cm³/mol. The van der Waals surface area contributed by atoms with Crippen LogP contribution in [0.4, 0.5) is 10.5 Å². The molecule has 0 aliphatic heterocycles. The van der Waals surface area contributed by atoms with E-state index in [-0.39, 0.29) is 24.8 Å². The second-order valence-electron chi connectivity index (χ2n) is 4.84. The van der Waals surface area contributed by atoms with Crippen molar-refractivity contribution in [3.8, 4) is 0 Å². The summed E-state index contributed by atoms with van der Waals surface area (Å²) < 4.78 is 0. The molecule has 1 aromatic carbocycles. The first-order valence-electron chi connectivity index (χ1n) is 6.47. The topological polar surface area (TPSA) is 113 Å². The highest BCUT2D eigenvalue weighted by Crippen LogP contribution is 2.26. The largest absolute Gasteiger partial charge is 0.480 e. The smallest absolute Gasteiger partial charge is 0.323 e. The lowest BCUT2D eigenvalue weighted by molar-refractivity contribution is -0.384. The lowest BCUT2D eigenvalue weighted by Crippen LogP contribution is -2.43. The normalized spacial score (nSPS) is 13.5. The van der Waals surface area contributed by atoms with E-state index in [1.807, 2.05) is 0 Å². The standard InChI is InChI=1S/C13H15N3O5/c17-12(18)8-15(10-4-5-10)13(19)14-7-9-2-1-3-11(6-9)16(20)21/h1-3,6,10H,4-5,7-8H2,(H,14,19)(H,17,18). The Morgan fingerprint density at radius 2 is 2.14 bits per heavy atom. The first-order valence-corrected chi connectivity index (χ1v) is 6.47. The van der Waals surface area contributed by atoms with Crippen molar-refractivity contribution in [2.24, 2.45) is 0 Å². The number of rotatable bonds is 6. The Kier molecular flexibility index (Phi) is 4.36. The molecule has 2 amide bonds. The number of hydrogen-bond acceptors (Lipinski definition) is 4. The van der Waals surface area contributed by atoms with E-state index in [4.69, 9.17) is 5.11 Å². The number of carboxylic acids is 1. The highest BCUT2D eigenvalue weighted by molar-refractivity contribution is 5.80. The van der Waals surface area contributed by atoms with Gasteiger partial charge in [0.2, 0.25) is 0 Å². The number of nitro groups is 1. The molecule has 1 aliphatic rings. The molecule has 1 fully saturated rings. The fourth-order valence-electron chi connectivity index (χ4n) is 1.96. The van der Waals surface area contributed by atoms with Crippen LogP contribution >= 0.6 is 0 Å². The lowest BCUT2D eigenvalue weighted by Gasteiger charge is -2.20. The van der Waals surface area contributed by atoms with E-state index in [1.54, 1.807) is 6.07 Å². The van der Waals surface area contributed by atoms with E-state index in [1.165, 1.54) is 23.1 Å². The van der Waals surface area contributed by atoms with Crippen molar-refractivity contribution in [2.75, 3.05) is 6.54 Å². The van der Waals surface area contributed by atoms with Crippen molar-refractivity contribution >= 4 is 17.7 Å². The maximum atomic E-state index is 12.0. The van der Waals surface area contributed by atoms with Gasteiger partial charge in [0, 0.05) is 24.7 Å². The van der Waals surface area contributed by atoms with Crippen molar-refractivity contribution in [1.82, 2.24) is 10.2 Å². The van der Waals surface area contributed by atoms with Gasteiger partial charge >= 0.3 is 12.0 Å². The third kappa shape index (κ3) is 4.16. The summed E-state index contributed by atoms with van der Waals surface area (Å²) in [6.45, 7) is -0.227. The number of benzene rings is 1. The second kappa shape index (κ2) is 6.21. The van der Waals surface area contributed by atoms with Crippen LogP contribution in [0.1, 0.15) is 18.4 Å². The van der Waals surface area contributed by atoms with Gasteiger partial charge in [0.15, 0.2) is 0 Å². The fraction of sp³-hybridized carbons (Fsp3) is 0.385. The zero-order valence-electron chi connectivity index (χ0n) is 11.2. The molecule has 0 radical (unpaired) electrons. The predicted octanol–water partition coefficient (Wildman–Crippen LogP) is 1.35. The summed E-state index contributed by atoms with van der Waals surface area (Å²) in [6.07, 6.45) is 1.61. The molecule has 112 valence electrons. The van der Waals surface area contributed by atoms with E-state index in [0.717, 1.165) is 12.8 Å². The molecule has 8 heteroatoms. The van der Waals surface area contributed by atoms with Crippen LogP contribution in [-0.2, 0) is 11.3 Å². The zero-order chi connectivity index (χ0) is 15.4. The first-order chi connectivity index (χ1) is 9.97. The van der Waals surface area contributed by atoms with Crippen LogP contribution in [0.15, 0.2) is 24.3 Å². The summed E-state index contributed by atoms with van der Waals surface area (Å²) in [5.41, 5.74) is 0.537. The Bertz CT molecular complexity index is 571. The molecule has 0 heterocycles. The summed E-state index contributed by atoms with van der Waals surface area (Å²) in [6, 6.07) is 5.45. The number of nitrogens with one attached hydrogen (secondary N) is 1. The minimum Gasteiger partial charge on any atom is -0.480 e. The van der Waals surface area contributed by atoms with E-state index < -0.39 is 16.9 Å². The van der Waals surface area contributed by atoms with Crippen LogP contribution in [0.2, 0.25) is 0 Å². The van der Waals surface area contributed by atoms with Gasteiger partial charge in [-0.2, -0.15) is 0 Å². The Morgan fingerprint density at radius 1 is 1.43 bits per heavy atom. The Labute approximate surface area is 120 Å². The average Bonchev–Trinajstić information content (AvgIpc) is 3.26. The number of urea groups is 1. The van der Waals surface area contributed by atoms with Crippen LogP contribution in [-0.4, -0.2) is 39.5 Å². The number of carboxylic acid groups (broad SMARTS) is 1. The summed E-state index contributed by atoms with van der Waals surface area (Å²) in [4.78, 5) is 34.1. The van der Waals surface area contributed by atoms with Gasteiger partial charge in [-0.1, -0.05) is 12.1 Å². The molecule has 0 atom stereocenters. The minimum absolute atomic E-state index is 0.0220. The third-order valence-electron chi connectivity index (χ3n) is 3.12. The van der Waals surface area contributed by atoms with Crippen molar-refractivity contribution in [3.05, 3.63) is 39.9 Å². The summed E-state index contributed by atoms with van der Waals surface area (Å²) in [5.74, 6) is -1.06. The van der Waals surface area contributed by atoms with Crippen molar-refractivity contribution < 1.29 is 19.6 Å². The van der Waals surface area contributed by atoms with Gasteiger partial charge in [-0.25, -0.2) is 4.79 Å². The van der Waals surface area contributed by atoms with E-state index in [0.29, 0.717) is 5.56 Å². The number of aliphatic carboxylic acids is 1. The van der Waals surface area contributed by atoms with Gasteiger partial charge < -0.3 is 15.3 Å². The lowest BCUT2D eigenvalue weighted by atomic mass is 10.2. The number of carbonyl (C=O) groups is 2. The summed E-state index contributed by atoms with van der Waals surface area (Å²) in [5, 5.41) is 22.1. The minimum atomic E-state index is -1.06. The van der Waals surface area contributed by atoms with Gasteiger partial charge in [0.1, 0.15) is 6.54 Å². The molecule has 0 unspecified atom stereocenters. The van der Waals surface area contributed by atoms with Crippen molar-refractivity contribution in [3.63, 3.8) is 0 Å². The monoisotopic (exact) mass is 293 g/mol. The Balaban J connectivity index is 1.94. The van der Waals surface area contributed by atoms with Crippen LogP contribution < -0.4 is 5.32 Å². The number of non-ortho nitro benzene ring substituents is 1. The molecule has 0 aromatic heterocycles. The van der Waals surface area contributed by atoms with Gasteiger partial charge in [0.05, 0.1) is 4.92 Å². The molecule has 2 N–H and O–H groups in total. The number of nitrogens with zero attached hydrogens (tertiary/aromatic N) is 2. The summed E-state index contributed by atoms with van der Waals surface area (Å²) in [7, 11) is 0. The molecule has 2 rings (SSSR count). The number of nitro benzene ring substituents is 1. The highest BCUT2D eigenvalue weighted by atomic mass is 16.6. The molecule has 1 saturated carbocycles. The van der Waals surface area contributed by atoms with Crippen LogP contribution in [0.25, 0.3) is 0 Å². The number of amides is 2.